The Bertz CT molecular complexity index is 170. The summed E-state index contributed by atoms with van der Waals surface area (Å²) >= 11 is 1.66. The normalized spacial score (nSPS) is 19.6. The third-order valence-corrected chi connectivity index (χ3v) is 2.81. The van der Waals surface area contributed by atoms with Gasteiger partial charge in [0, 0.05) is 12.4 Å². The van der Waals surface area contributed by atoms with Crippen molar-refractivity contribution in [1.82, 2.24) is 0 Å². The van der Waals surface area contributed by atoms with Gasteiger partial charge < -0.3 is 14.6 Å². The van der Waals surface area contributed by atoms with Crippen LogP contribution in [0, 0.1) is 0 Å². The van der Waals surface area contributed by atoms with Gasteiger partial charge in [-0.25, -0.2) is 0 Å². The number of carboxylic acid groups (broad SMARTS) is 1. The van der Waals surface area contributed by atoms with Gasteiger partial charge in [-0.3, -0.25) is 4.79 Å². The summed E-state index contributed by atoms with van der Waals surface area (Å²) in [5.41, 5.74) is 0. The average molecular weight is 220 g/mol. The Morgan fingerprint density at radius 3 is 3.00 bits per heavy atom. The van der Waals surface area contributed by atoms with Gasteiger partial charge in [0.1, 0.15) is 6.10 Å². The Morgan fingerprint density at radius 2 is 2.36 bits per heavy atom. The Balaban J connectivity index is 1.68. The van der Waals surface area contributed by atoms with E-state index in [4.69, 9.17) is 14.6 Å². The number of ether oxygens (including phenoxy) is 2. The van der Waals surface area contributed by atoms with E-state index < -0.39 is 5.97 Å². The topological polar surface area (TPSA) is 59.1 Å². The van der Waals surface area contributed by atoms with Crippen molar-refractivity contribution in [2.45, 2.75) is 18.9 Å². The summed E-state index contributed by atoms with van der Waals surface area (Å²) in [4.78, 5) is 10.2. The lowest BCUT2D eigenvalue weighted by Crippen LogP contribution is -2.03. The molecule has 0 aromatic heterocycles. The molecular formula is C9H16O4S. The zero-order chi connectivity index (χ0) is 10.2. The fourth-order valence-corrected chi connectivity index (χ4v) is 1.75. The minimum atomic E-state index is -0.723. The fraction of sp³-hybridized carbons (Fsp3) is 0.889. The smallest absolute Gasteiger partial charge is 0.304 e. The third kappa shape index (κ3) is 7.17. The molecule has 0 aliphatic carbocycles. The Kier molecular flexibility index (Phi) is 5.98. The van der Waals surface area contributed by atoms with Crippen LogP contribution in [-0.2, 0) is 14.3 Å². The quantitative estimate of drug-likeness (QED) is 0.464. The lowest BCUT2D eigenvalue weighted by atomic mass is 10.5. The molecule has 82 valence electrons. The molecule has 1 fully saturated rings. The van der Waals surface area contributed by atoms with Crippen LogP contribution in [0.1, 0.15) is 12.8 Å². The van der Waals surface area contributed by atoms with Crippen LogP contribution in [0.3, 0.4) is 0 Å². The van der Waals surface area contributed by atoms with Gasteiger partial charge >= 0.3 is 5.97 Å². The third-order valence-electron chi connectivity index (χ3n) is 1.74. The van der Waals surface area contributed by atoms with Crippen molar-refractivity contribution in [3.63, 3.8) is 0 Å². The number of aliphatic carboxylic acids is 1. The molecule has 0 aromatic rings. The number of hydrogen-bond donors (Lipinski definition) is 1. The van der Waals surface area contributed by atoms with Gasteiger partial charge in [-0.05, 0) is 12.2 Å². The maximum Gasteiger partial charge on any atom is 0.304 e. The number of epoxide rings is 1. The Morgan fingerprint density at radius 1 is 1.57 bits per heavy atom. The van der Waals surface area contributed by atoms with Crippen molar-refractivity contribution in [2.24, 2.45) is 0 Å². The molecule has 0 spiro atoms. The molecule has 1 atom stereocenters. The summed E-state index contributed by atoms with van der Waals surface area (Å²) in [7, 11) is 0. The minimum Gasteiger partial charge on any atom is -0.481 e. The van der Waals surface area contributed by atoms with E-state index in [0.717, 1.165) is 25.4 Å². The van der Waals surface area contributed by atoms with Gasteiger partial charge in [0.15, 0.2) is 0 Å². The van der Waals surface area contributed by atoms with E-state index in [1.165, 1.54) is 0 Å². The lowest BCUT2D eigenvalue weighted by Gasteiger charge is -2.01. The predicted molar refractivity (Wildman–Crippen MR) is 54.8 cm³/mol. The molecule has 0 aromatic carbocycles. The van der Waals surface area contributed by atoms with E-state index >= 15 is 0 Å². The molecule has 1 aliphatic rings. The molecule has 5 heteroatoms. The van der Waals surface area contributed by atoms with Gasteiger partial charge in [0.2, 0.25) is 0 Å². The molecule has 0 bridgehead atoms. The first kappa shape index (κ1) is 11.8. The van der Waals surface area contributed by atoms with E-state index in [1.807, 2.05) is 0 Å². The molecule has 1 unspecified atom stereocenters. The molecule has 0 saturated carbocycles. The highest BCUT2D eigenvalue weighted by atomic mass is 32.2. The van der Waals surface area contributed by atoms with Crippen LogP contribution >= 0.6 is 11.8 Å². The zero-order valence-electron chi connectivity index (χ0n) is 8.11. The highest BCUT2D eigenvalue weighted by molar-refractivity contribution is 7.99. The van der Waals surface area contributed by atoms with Crippen LogP contribution in [0.2, 0.25) is 0 Å². The largest absolute Gasteiger partial charge is 0.481 e. The first-order chi connectivity index (χ1) is 6.79. The number of thioether (sulfide) groups is 1. The van der Waals surface area contributed by atoms with Crippen molar-refractivity contribution < 1.29 is 19.4 Å². The lowest BCUT2D eigenvalue weighted by molar-refractivity contribution is -0.136. The monoisotopic (exact) mass is 220 g/mol. The van der Waals surface area contributed by atoms with Crippen LogP contribution < -0.4 is 0 Å². The van der Waals surface area contributed by atoms with Gasteiger partial charge in [-0.15, -0.1) is 0 Å². The van der Waals surface area contributed by atoms with Crippen LogP contribution in [0.4, 0.5) is 0 Å². The van der Waals surface area contributed by atoms with Crippen molar-refractivity contribution >= 4 is 17.7 Å². The van der Waals surface area contributed by atoms with E-state index in [-0.39, 0.29) is 6.42 Å². The number of carbonyl (C=O) groups is 1. The summed E-state index contributed by atoms with van der Waals surface area (Å²) < 4.78 is 10.3. The van der Waals surface area contributed by atoms with E-state index in [0.29, 0.717) is 18.5 Å². The molecular weight excluding hydrogens is 204 g/mol. The first-order valence-corrected chi connectivity index (χ1v) is 5.93. The summed E-state index contributed by atoms with van der Waals surface area (Å²) in [5.74, 6) is 0.944. The molecule has 0 amide bonds. The second kappa shape index (κ2) is 7.09. The van der Waals surface area contributed by atoms with Gasteiger partial charge in [0.05, 0.1) is 19.6 Å². The second-order valence-corrected chi connectivity index (χ2v) is 4.36. The highest BCUT2D eigenvalue weighted by Crippen LogP contribution is 2.09. The van der Waals surface area contributed by atoms with E-state index in [1.54, 1.807) is 11.8 Å². The van der Waals surface area contributed by atoms with Crippen molar-refractivity contribution in [3.8, 4) is 0 Å². The molecule has 1 aliphatic heterocycles. The fourth-order valence-electron chi connectivity index (χ4n) is 0.904. The maximum absolute atomic E-state index is 10.2. The van der Waals surface area contributed by atoms with Crippen molar-refractivity contribution in [3.05, 3.63) is 0 Å². The van der Waals surface area contributed by atoms with Gasteiger partial charge in [-0.2, -0.15) is 11.8 Å². The molecule has 1 heterocycles. The predicted octanol–water partition coefficient (Wildman–Crippen LogP) is 1.000. The first-order valence-electron chi connectivity index (χ1n) is 4.78. The summed E-state index contributed by atoms with van der Waals surface area (Å²) in [6, 6.07) is 0. The molecule has 1 N–H and O–H groups in total. The van der Waals surface area contributed by atoms with E-state index in [2.05, 4.69) is 0 Å². The van der Waals surface area contributed by atoms with Crippen LogP contribution in [-0.4, -0.2) is 48.5 Å². The number of hydrogen-bond acceptors (Lipinski definition) is 4. The summed E-state index contributed by atoms with van der Waals surface area (Å²) in [6.45, 7) is 2.30. The number of rotatable bonds is 9. The van der Waals surface area contributed by atoms with E-state index in [9.17, 15) is 4.79 Å². The van der Waals surface area contributed by atoms with Crippen LogP contribution in [0.15, 0.2) is 0 Å². The summed E-state index contributed by atoms with van der Waals surface area (Å²) in [6.07, 6.45) is 1.58. The van der Waals surface area contributed by atoms with Crippen molar-refractivity contribution in [1.29, 1.82) is 0 Å². The second-order valence-electron chi connectivity index (χ2n) is 3.14. The zero-order valence-corrected chi connectivity index (χ0v) is 8.92. The van der Waals surface area contributed by atoms with Crippen molar-refractivity contribution in [2.75, 3.05) is 31.3 Å². The molecule has 1 rings (SSSR count). The van der Waals surface area contributed by atoms with Gasteiger partial charge in [-0.1, -0.05) is 0 Å². The Hall–Kier alpha value is -0.260. The maximum atomic E-state index is 10.2. The molecule has 0 radical (unpaired) electrons. The highest BCUT2D eigenvalue weighted by Gasteiger charge is 2.21. The molecule has 14 heavy (non-hydrogen) atoms. The summed E-state index contributed by atoms with van der Waals surface area (Å²) in [5, 5.41) is 8.37. The molecule has 1 saturated heterocycles. The standard InChI is InChI=1S/C9H16O4S/c10-9(11)2-5-14-4-1-3-12-6-8-7-13-8/h8H,1-7H2,(H,10,11). The number of carboxylic acids is 1. The van der Waals surface area contributed by atoms with Crippen LogP contribution in [0.25, 0.3) is 0 Å². The SMILES string of the molecule is O=C(O)CCSCCCOCC1CO1. The van der Waals surface area contributed by atoms with Gasteiger partial charge in [0.25, 0.3) is 0 Å². The Labute approximate surface area is 88.0 Å². The average Bonchev–Trinajstić information content (AvgIpc) is 2.92. The minimum absolute atomic E-state index is 0.251. The van der Waals surface area contributed by atoms with Crippen LogP contribution in [0.5, 0.6) is 0 Å². The molecule has 4 nitrogen and oxygen atoms in total.